The molecule has 0 bridgehead atoms. The highest BCUT2D eigenvalue weighted by atomic mass is 16.3. The lowest BCUT2D eigenvalue weighted by atomic mass is 10.0. The summed E-state index contributed by atoms with van der Waals surface area (Å²) in [6, 6.07) is 0.376. The van der Waals surface area contributed by atoms with Crippen LogP contribution in [-0.4, -0.2) is 35.8 Å². The molecular formula is C14H29N3O. The molecule has 106 valence electrons. The third-order valence-corrected chi connectivity index (χ3v) is 3.77. The van der Waals surface area contributed by atoms with Gasteiger partial charge in [-0.15, -0.1) is 0 Å². The Bertz CT molecular complexity index is 270. The number of aliphatic imine (C=N–C) groups is 1. The van der Waals surface area contributed by atoms with Crippen LogP contribution in [0.4, 0.5) is 0 Å². The molecular weight excluding hydrogens is 226 g/mol. The molecule has 0 spiro atoms. The molecule has 1 aliphatic carbocycles. The predicted molar refractivity (Wildman–Crippen MR) is 76.8 cm³/mol. The number of rotatable bonds is 5. The summed E-state index contributed by atoms with van der Waals surface area (Å²) in [6.45, 7) is 9.93. The van der Waals surface area contributed by atoms with Crippen LogP contribution in [0.2, 0.25) is 0 Å². The normalized spacial score (nSPS) is 21.1. The van der Waals surface area contributed by atoms with Crippen molar-refractivity contribution in [2.45, 2.75) is 65.0 Å². The highest BCUT2D eigenvalue weighted by Crippen LogP contribution is 2.29. The molecule has 1 aliphatic rings. The van der Waals surface area contributed by atoms with Gasteiger partial charge in [0.2, 0.25) is 0 Å². The van der Waals surface area contributed by atoms with E-state index < -0.39 is 5.60 Å². The molecule has 4 heteroatoms. The summed E-state index contributed by atoms with van der Waals surface area (Å²) in [6.07, 6.45) is 4.02. The van der Waals surface area contributed by atoms with Gasteiger partial charge in [-0.3, -0.25) is 4.99 Å². The average molecular weight is 255 g/mol. The van der Waals surface area contributed by atoms with Crippen molar-refractivity contribution in [2.24, 2.45) is 10.9 Å². The van der Waals surface area contributed by atoms with E-state index in [1.165, 1.54) is 0 Å². The molecule has 0 aromatic rings. The first kappa shape index (κ1) is 15.3. The van der Waals surface area contributed by atoms with Crippen LogP contribution in [0.25, 0.3) is 0 Å². The van der Waals surface area contributed by atoms with Gasteiger partial charge in [-0.2, -0.15) is 0 Å². The molecule has 1 rings (SSSR count). The Morgan fingerprint density at radius 2 is 1.89 bits per heavy atom. The lowest BCUT2D eigenvalue weighted by Crippen LogP contribution is -2.45. The first-order valence-electron chi connectivity index (χ1n) is 7.24. The van der Waals surface area contributed by atoms with E-state index in [1.807, 2.05) is 0 Å². The Morgan fingerprint density at radius 1 is 1.28 bits per heavy atom. The zero-order chi connectivity index (χ0) is 13.6. The van der Waals surface area contributed by atoms with E-state index >= 15 is 0 Å². The Balaban J connectivity index is 2.54. The van der Waals surface area contributed by atoms with Gasteiger partial charge >= 0.3 is 0 Å². The van der Waals surface area contributed by atoms with Crippen LogP contribution in [0.15, 0.2) is 4.99 Å². The van der Waals surface area contributed by atoms with Crippen LogP contribution in [0, 0.1) is 5.92 Å². The minimum Gasteiger partial charge on any atom is -0.388 e. The van der Waals surface area contributed by atoms with Gasteiger partial charge in [0.25, 0.3) is 0 Å². The number of hydrogen-bond donors (Lipinski definition) is 3. The maximum atomic E-state index is 10.3. The molecule has 1 fully saturated rings. The minimum atomic E-state index is -0.566. The molecule has 1 unspecified atom stereocenters. The third-order valence-electron chi connectivity index (χ3n) is 3.77. The van der Waals surface area contributed by atoms with Gasteiger partial charge in [0, 0.05) is 12.6 Å². The smallest absolute Gasteiger partial charge is 0.191 e. The maximum absolute atomic E-state index is 10.3. The van der Waals surface area contributed by atoms with E-state index in [0.29, 0.717) is 18.5 Å². The standard InChI is InChI=1S/C14H29N3O/c1-5-15-13(17-12(4)11(2)3)16-10-14(18)8-6-7-9-14/h11-12,18H,5-10H2,1-4H3,(H2,15,16,17). The van der Waals surface area contributed by atoms with E-state index in [2.05, 4.69) is 43.3 Å². The van der Waals surface area contributed by atoms with Gasteiger partial charge in [0.05, 0.1) is 12.1 Å². The fourth-order valence-electron chi connectivity index (χ4n) is 2.12. The van der Waals surface area contributed by atoms with Gasteiger partial charge in [0.15, 0.2) is 5.96 Å². The zero-order valence-corrected chi connectivity index (χ0v) is 12.3. The molecule has 1 atom stereocenters. The Hall–Kier alpha value is -0.770. The van der Waals surface area contributed by atoms with Crippen LogP contribution in [0.1, 0.15) is 53.4 Å². The summed E-state index contributed by atoms with van der Waals surface area (Å²) in [4.78, 5) is 4.53. The summed E-state index contributed by atoms with van der Waals surface area (Å²) >= 11 is 0. The SMILES string of the molecule is CCNC(=NCC1(O)CCCC1)NC(C)C(C)C. The van der Waals surface area contributed by atoms with Crippen LogP contribution in [-0.2, 0) is 0 Å². The molecule has 0 saturated heterocycles. The molecule has 4 nitrogen and oxygen atoms in total. The lowest BCUT2D eigenvalue weighted by Gasteiger charge is -2.23. The maximum Gasteiger partial charge on any atom is 0.191 e. The van der Waals surface area contributed by atoms with Gasteiger partial charge in [-0.25, -0.2) is 0 Å². The first-order valence-corrected chi connectivity index (χ1v) is 7.24. The third kappa shape index (κ3) is 4.84. The monoisotopic (exact) mass is 255 g/mol. The predicted octanol–water partition coefficient (Wildman–Crippen LogP) is 1.89. The van der Waals surface area contributed by atoms with E-state index in [4.69, 9.17) is 0 Å². The van der Waals surface area contributed by atoms with Crippen LogP contribution in [0.3, 0.4) is 0 Å². The number of nitrogens with zero attached hydrogens (tertiary/aromatic N) is 1. The second-order valence-electron chi connectivity index (χ2n) is 5.80. The van der Waals surface area contributed by atoms with Crippen molar-refractivity contribution < 1.29 is 5.11 Å². The number of nitrogens with one attached hydrogen (secondary N) is 2. The summed E-state index contributed by atoms with van der Waals surface area (Å²) in [5.41, 5.74) is -0.566. The van der Waals surface area contributed by atoms with Crippen LogP contribution in [0.5, 0.6) is 0 Å². The van der Waals surface area contributed by atoms with E-state index in [1.54, 1.807) is 0 Å². The minimum absolute atomic E-state index is 0.376. The topological polar surface area (TPSA) is 56.7 Å². The molecule has 0 aromatic carbocycles. The summed E-state index contributed by atoms with van der Waals surface area (Å²) in [5, 5.41) is 16.9. The Labute approximate surface area is 111 Å². The number of aliphatic hydroxyl groups is 1. The second-order valence-corrected chi connectivity index (χ2v) is 5.80. The lowest BCUT2D eigenvalue weighted by molar-refractivity contribution is 0.0574. The summed E-state index contributed by atoms with van der Waals surface area (Å²) in [7, 11) is 0. The van der Waals surface area contributed by atoms with Crippen molar-refractivity contribution in [3.8, 4) is 0 Å². The molecule has 0 amide bonds. The van der Waals surface area contributed by atoms with Crippen molar-refractivity contribution in [1.29, 1.82) is 0 Å². The quantitative estimate of drug-likeness (QED) is 0.519. The van der Waals surface area contributed by atoms with E-state index in [-0.39, 0.29) is 0 Å². The first-order chi connectivity index (χ1) is 8.47. The fraction of sp³-hybridized carbons (Fsp3) is 0.929. The molecule has 18 heavy (non-hydrogen) atoms. The van der Waals surface area contributed by atoms with Crippen molar-refractivity contribution in [3.05, 3.63) is 0 Å². The average Bonchev–Trinajstić information content (AvgIpc) is 2.74. The van der Waals surface area contributed by atoms with Crippen molar-refractivity contribution in [1.82, 2.24) is 10.6 Å². The van der Waals surface area contributed by atoms with Gasteiger partial charge in [-0.05, 0) is 32.6 Å². The van der Waals surface area contributed by atoms with Gasteiger partial charge < -0.3 is 15.7 Å². The molecule has 0 radical (unpaired) electrons. The van der Waals surface area contributed by atoms with Crippen molar-refractivity contribution in [2.75, 3.05) is 13.1 Å². The highest BCUT2D eigenvalue weighted by molar-refractivity contribution is 5.80. The molecule has 1 saturated carbocycles. The zero-order valence-electron chi connectivity index (χ0n) is 12.3. The molecule has 0 aliphatic heterocycles. The molecule has 3 N–H and O–H groups in total. The number of hydrogen-bond acceptors (Lipinski definition) is 2. The Morgan fingerprint density at radius 3 is 2.39 bits per heavy atom. The van der Waals surface area contributed by atoms with Crippen LogP contribution >= 0.6 is 0 Å². The van der Waals surface area contributed by atoms with E-state index in [9.17, 15) is 5.11 Å². The largest absolute Gasteiger partial charge is 0.388 e. The van der Waals surface area contributed by atoms with E-state index in [0.717, 1.165) is 38.2 Å². The Kier molecular flexibility index (Phi) is 5.93. The highest BCUT2D eigenvalue weighted by Gasteiger charge is 2.30. The molecule has 0 aromatic heterocycles. The van der Waals surface area contributed by atoms with Gasteiger partial charge in [-0.1, -0.05) is 26.7 Å². The molecule has 0 heterocycles. The van der Waals surface area contributed by atoms with Crippen molar-refractivity contribution >= 4 is 5.96 Å². The summed E-state index contributed by atoms with van der Waals surface area (Å²) < 4.78 is 0. The summed E-state index contributed by atoms with van der Waals surface area (Å²) in [5.74, 6) is 1.38. The van der Waals surface area contributed by atoms with Crippen LogP contribution < -0.4 is 10.6 Å². The fourth-order valence-corrected chi connectivity index (χ4v) is 2.12. The van der Waals surface area contributed by atoms with Crippen molar-refractivity contribution in [3.63, 3.8) is 0 Å². The second kappa shape index (κ2) is 6.98. The number of guanidine groups is 1. The van der Waals surface area contributed by atoms with Gasteiger partial charge in [0.1, 0.15) is 0 Å².